The average Bonchev–Trinajstić information content (AvgIpc) is 2.43. The molecule has 1 aromatic rings. The quantitative estimate of drug-likeness (QED) is 0.857. The summed E-state index contributed by atoms with van der Waals surface area (Å²) in [5.41, 5.74) is 9.05. The van der Waals surface area contributed by atoms with E-state index in [-0.39, 0.29) is 5.97 Å². The summed E-state index contributed by atoms with van der Waals surface area (Å²) in [5, 5.41) is 0. The maximum Gasteiger partial charge on any atom is 0.306 e. The molecule has 1 aliphatic carbocycles. The van der Waals surface area contributed by atoms with Crippen molar-refractivity contribution in [3.05, 3.63) is 29.5 Å². The number of hydrogen-bond donors (Lipinski definition) is 1. The van der Waals surface area contributed by atoms with Gasteiger partial charge in [-0.05, 0) is 56.2 Å². The van der Waals surface area contributed by atoms with Crippen LogP contribution >= 0.6 is 0 Å². The van der Waals surface area contributed by atoms with Gasteiger partial charge in [0, 0.05) is 6.42 Å². The number of aryl methyl sites for hydroxylation is 1. The normalized spacial score (nSPS) is 18.5. The Hall–Kier alpha value is -1.84. The van der Waals surface area contributed by atoms with Crippen molar-refractivity contribution in [3.8, 4) is 0 Å². The average molecular weight is 274 g/mol. The van der Waals surface area contributed by atoms with Gasteiger partial charge in [-0.25, -0.2) is 4.98 Å². The van der Waals surface area contributed by atoms with Crippen LogP contribution in [-0.2, 0) is 9.53 Å². The molecule has 0 bridgehead atoms. The van der Waals surface area contributed by atoms with Gasteiger partial charge in [-0.1, -0.05) is 12.1 Å². The second-order valence-electron chi connectivity index (χ2n) is 5.28. The van der Waals surface area contributed by atoms with Crippen LogP contribution in [0.25, 0.3) is 5.57 Å². The summed E-state index contributed by atoms with van der Waals surface area (Å²) in [5.74, 6) is 0.893. The van der Waals surface area contributed by atoms with Gasteiger partial charge in [0.15, 0.2) is 0 Å². The summed E-state index contributed by atoms with van der Waals surface area (Å²) < 4.78 is 5.00. The lowest BCUT2D eigenvalue weighted by molar-refractivity contribution is -0.144. The van der Waals surface area contributed by atoms with Crippen LogP contribution in [0.5, 0.6) is 0 Å². The van der Waals surface area contributed by atoms with Crippen molar-refractivity contribution in [1.29, 1.82) is 0 Å². The third-order valence-electron chi connectivity index (χ3n) is 3.75. The first kappa shape index (κ1) is 14.6. The fourth-order valence-electron chi connectivity index (χ4n) is 2.49. The molecule has 1 heterocycles. The van der Waals surface area contributed by atoms with E-state index in [4.69, 9.17) is 10.5 Å². The molecule has 2 N–H and O–H groups in total. The number of anilines is 1. The van der Waals surface area contributed by atoms with E-state index in [0.717, 1.165) is 30.5 Å². The molecular weight excluding hydrogens is 252 g/mol. The highest BCUT2D eigenvalue weighted by molar-refractivity contribution is 5.70. The Labute approximate surface area is 120 Å². The Kier molecular flexibility index (Phi) is 4.77. The predicted octanol–water partition coefficient (Wildman–Crippen LogP) is 3.11. The first-order chi connectivity index (χ1) is 9.60. The molecule has 0 fully saturated rings. The molecule has 1 aromatic heterocycles. The van der Waals surface area contributed by atoms with Gasteiger partial charge < -0.3 is 10.5 Å². The third kappa shape index (κ3) is 3.59. The highest BCUT2D eigenvalue weighted by Gasteiger charge is 2.19. The SMILES string of the molecule is CCOC(=O)CC1CC=C(c2ccc(C)c(N)n2)CC1. The number of nitrogen functional groups attached to an aromatic ring is 1. The topological polar surface area (TPSA) is 65.2 Å². The molecule has 0 aliphatic heterocycles. The zero-order valence-corrected chi connectivity index (χ0v) is 12.2. The van der Waals surface area contributed by atoms with Crippen LogP contribution in [0.4, 0.5) is 5.82 Å². The van der Waals surface area contributed by atoms with E-state index in [9.17, 15) is 4.79 Å². The maximum atomic E-state index is 11.5. The molecule has 0 radical (unpaired) electrons. The summed E-state index contributed by atoms with van der Waals surface area (Å²) in [6.07, 6.45) is 5.55. The minimum Gasteiger partial charge on any atom is -0.466 e. The zero-order valence-electron chi connectivity index (χ0n) is 12.2. The van der Waals surface area contributed by atoms with E-state index < -0.39 is 0 Å². The van der Waals surface area contributed by atoms with Gasteiger partial charge in [0.2, 0.25) is 0 Å². The summed E-state index contributed by atoms with van der Waals surface area (Å²) in [6, 6.07) is 4.02. The number of hydrogen-bond acceptors (Lipinski definition) is 4. The van der Waals surface area contributed by atoms with E-state index in [1.165, 1.54) is 5.57 Å². The van der Waals surface area contributed by atoms with Crippen LogP contribution in [0.1, 0.15) is 43.9 Å². The fourth-order valence-corrected chi connectivity index (χ4v) is 2.49. The summed E-state index contributed by atoms with van der Waals surface area (Å²) >= 11 is 0. The van der Waals surface area contributed by atoms with Crippen molar-refractivity contribution in [2.45, 2.75) is 39.5 Å². The van der Waals surface area contributed by atoms with Crippen LogP contribution in [0, 0.1) is 12.8 Å². The summed E-state index contributed by atoms with van der Waals surface area (Å²) in [6.45, 7) is 4.25. The second-order valence-corrected chi connectivity index (χ2v) is 5.28. The van der Waals surface area contributed by atoms with E-state index in [0.29, 0.717) is 24.8 Å². The maximum absolute atomic E-state index is 11.5. The number of esters is 1. The lowest BCUT2D eigenvalue weighted by Crippen LogP contribution is -2.14. The Balaban J connectivity index is 1.98. The highest BCUT2D eigenvalue weighted by atomic mass is 16.5. The van der Waals surface area contributed by atoms with E-state index in [2.05, 4.69) is 11.1 Å². The first-order valence-corrected chi connectivity index (χ1v) is 7.18. The third-order valence-corrected chi connectivity index (χ3v) is 3.75. The largest absolute Gasteiger partial charge is 0.466 e. The molecule has 1 atom stereocenters. The number of carbonyl (C=O) groups excluding carboxylic acids is 1. The molecule has 108 valence electrons. The smallest absolute Gasteiger partial charge is 0.306 e. The number of ether oxygens (including phenoxy) is 1. The number of pyridine rings is 1. The second kappa shape index (κ2) is 6.55. The summed E-state index contributed by atoms with van der Waals surface area (Å²) in [4.78, 5) is 15.9. The number of aromatic nitrogens is 1. The first-order valence-electron chi connectivity index (χ1n) is 7.18. The minimum absolute atomic E-state index is 0.0907. The van der Waals surface area contributed by atoms with Crippen molar-refractivity contribution in [3.63, 3.8) is 0 Å². The van der Waals surface area contributed by atoms with Crippen molar-refractivity contribution in [2.75, 3.05) is 12.3 Å². The number of rotatable bonds is 4. The Morgan fingerprint density at radius 3 is 2.90 bits per heavy atom. The van der Waals surface area contributed by atoms with E-state index >= 15 is 0 Å². The van der Waals surface area contributed by atoms with Crippen LogP contribution in [0.15, 0.2) is 18.2 Å². The van der Waals surface area contributed by atoms with Crippen LogP contribution in [0.3, 0.4) is 0 Å². The summed E-state index contributed by atoms with van der Waals surface area (Å²) in [7, 11) is 0. The fraction of sp³-hybridized carbons (Fsp3) is 0.500. The predicted molar refractivity (Wildman–Crippen MR) is 80.0 cm³/mol. The molecule has 0 saturated heterocycles. The Morgan fingerprint density at radius 2 is 2.30 bits per heavy atom. The highest BCUT2D eigenvalue weighted by Crippen LogP contribution is 2.31. The molecule has 4 heteroatoms. The Bertz CT molecular complexity index is 523. The molecule has 1 unspecified atom stereocenters. The number of carbonyl (C=O) groups is 1. The van der Waals surface area contributed by atoms with E-state index in [1.807, 2.05) is 26.0 Å². The van der Waals surface area contributed by atoms with Gasteiger partial charge in [-0.2, -0.15) is 0 Å². The van der Waals surface area contributed by atoms with E-state index in [1.54, 1.807) is 0 Å². The van der Waals surface area contributed by atoms with Gasteiger partial charge in [0.05, 0.1) is 12.3 Å². The molecule has 4 nitrogen and oxygen atoms in total. The minimum atomic E-state index is -0.0907. The molecule has 2 rings (SSSR count). The monoisotopic (exact) mass is 274 g/mol. The van der Waals surface area contributed by atoms with Gasteiger partial charge >= 0.3 is 5.97 Å². The number of allylic oxidation sites excluding steroid dienone is 2. The standard InChI is InChI=1S/C16H22N2O2/c1-3-20-15(19)10-12-5-7-13(8-6-12)14-9-4-11(2)16(17)18-14/h4,7,9,12H,3,5-6,8,10H2,1-2H3,(H2,17,18). The molecule has 0 amide bonds. The Morgan fingerprint density at radius 1 is 1.50 bits per heavy atom. The zero-order chi connectivity index (χ0) is 14.5. The van der Waals surface area contributed by atoms with Crippen LogP contribution in [0.2, 0.25) is 0 Å². The van der Waals surface area contributed by atoms with Gasteiger partial charge in [-0.15, -0.1) is 0 Å². The molecule has 1 aliphatic rings. The van der Waals surface area contributed by atoms with Crippen molar-refractivity contribution < 1.29 is 9.53 Å². The molecule has 0 spiro atoms. The van der Waals surface area contributed by atoms with Crippen molar-refractivity contribution in [2.24, 2.45) is 5.92 Å². The molecule has 0 saturated carbocycles. The van der Waals surface area contributed by atoms with Gasteiger partial charge in [0.1, 0.15) is 5.82 Å². The lowest BCUT2D eigenvalue weighted by Gasteiger charge is -2.21. The van der Waals surface area contributed by atoms with Crippen LogP contribution in [-0.4, -0.2) is 17.6 Å². The lowest BCUT2D eigenvalue weighted by atomic mass is 9.86. The number of nitrogens with two attached hydrogens (primary N) is 1. The van der Waals surface area contributed by atoms with Gasteiger partial charge in [-0.3, -0.25) is 4.79 Å². The molecule has 0 aromatic carbocycles. The van der Waals surface area contributed by atoms with Crippen molar-refractivity contribution in [1.82, 2.24) is 4.98 Å². The van der Waals surface area contributed by atoms with Gasteiger partial charge in [0.25, 0.3) is 0 Å². The number of nitrogens with zero attached hydrogens (tertiary/aromatic N) is 1. The van der Waals surface area contributed by atoms with Crippen LogP contribution < -0.4 is 5.73 Å². The molecular formula is C16H22N2O2. The molecule has 20 heavy (non-hydrogen) atoms. The van der Waals surface area contributed by atoms with Crippen molar-refractivity contribution >= 4 is 17.4 Å².